The molecule has 0 aromatic heterocycles. The van der Waals surface area contributed by atoms with E-state index in [4.69, 9.17) is 0 Å². The third-order valence-corrected chi connectivity index (χ3v) is 5.04. The van der Waals surface area contributed by atoms with Crippen LogP contribution in [0.2, 0.25) is 0 Å². The summed E-state index contributed by atoms with van der Waals surface area (Å²) in [5, 5.41) is 3.58. The number of halogens is 2. The molecule has 0 saturated heterocycles. The van der Waals surface area contributed by atoms with E-state index in [-0.39, 0.29) is 5.82 Å². The molecule has 1 aliphatic rings. The molecule has 0 bridgehead atoms. The lowest BCUT2D eigenvalue weighted by atomic mass is 9.89. The monoisotopic (exact) mass is 341 g/mol. The molecule has 0 heterocycles. The molecule has 0 spiro atoms. The predicted octanol–water partition coefficient (Wildman–Crippen LogP) is 4.79. The van der Waals surface area contributed by atoms with E-state index in [1.165, 1.54) is 25.3 Å². The van der Waals surface area contributed by atoms with E-state index in [0.29, 0.717) is 11.8 Å². The van der Waals surface area contributed by atoms with Crippen LogP contribution in [0.25, 0.3) is 0 Å². The van der Waals surface area contributed by atoms with Crippen LogP contribution in [-0.4, -0.2) is 13.1 Å². The van der Waals surface area contributed by atoms with Crippen molar-refractivity contribution in [1.29, 1.82) is 0 Å². The second-order valence-corrected chi connectivity index (χ2v) is 7.30. The Labute approximate surface area is 130 Å². The lowest BCUT2D eigenvalue weighted by Gasteiger charge is -2.21. The Hall–Kier alpha value is -0.410. The molecule has 1 aromatic carbocycles. The van der Waals surface area contributed by atoms with Crippen molar-refractivity contribution in [2.45, 2.75) is 39.5 Å². The molecule has 2 atom stereocenters. The lowest BCUT2D eigenvalue weighted by molar-refractivity contribution is 0.356. The highest BCUT2D eigenvalue weighted by atomic mass is 79.9. The smallest absolute Gasteiger partial charge is 0.123 e. The highest BCUT2D eigenvalue weighted by molar-refractivity contribution is 9.10. The Balaban J connectivity index is 1.92. The topological polar surface area (TPSA) is 12.0 Å². The Bertz CT molecular complexity index is 433. The van der Waals surface area contributed by atoms with Crippen LogP contribution < -0.4 is 5.32 Å². The first-order valence-corrected chi connectivity index (χ1v) is 8.50. The van der Waals surface area contributed by atoms with Crippen LogP contribution in [0.15, 0.2) is 22.7 Å². The molecule has 112 valence electrons. The lowest BCUT2D eigenvalue weighted by Crippen LogP contribution is -2.29. The van der Waals surface area contributed by atoms with Crippen molar-refractivity contribution in [1.82, 2.24) is 5.32 Å². The van der Waals surface area contributed by atoms with E-state index in [1.807, 2.05) is 6.07 Å². The Morgan fingerprint density at radius 3 is 2.80 bits per heavy atom. The maximum absolute atomic E-state index is 13.4. The maximum Gasteiger partial charge on any atom is 0.123 e. The molecule has 1 fully saturated rings. The van der Waals surface area contributed by atoms with Crippen molar-refractivity contribution in [3.63, 3.8) is 0 Å². The molecule has 2 rings (SSSR count). The first kappa shape index (κ1) is 16.0. The molecule has 0 amide bonds. The fourth-order valence-corrected chi connectivity index (χ4v) is 3.60. The van der Waals surface area contributed by atoms with Crippen molar-refractivity contribution < 1.29 is 4.39 Å². The van der Waals surface area contributed by atoms with Gasteiger partial charge in [0.1, 0.15) is 5.82 Å². The largest absolute Gasteiger partial charge is 0.316 e. The Morgan fingerprint density at radius 1 is 1.30 bits per heavy atom. The van der Waals surface area contributed by atoms with Crippen molar-refractivity contribution in [3.05, 3.63) is 34.1 Å². The average molecular weight is 342 g/mol. The van der Waals surface area contributed by atoms with Gasteiger partial charge in [-0.05, 0) is 73.9 Å². The Kier molecular flexibility index (Phi) is 6.03. The highest BCUT2D eigenvalue weighted by Crippen LogP contribution is 2.35. The zero-order chi connectivity index (χ0) is 14.5. The van der Waals surface area contributed by atoms with Gasteiger partial charge in [0.2, 0.25) is 0 Å². The summed E-state index contributed by atoms with van der Waals surface area (Å²) in [6, 6.07) is 5.02. The minimum Gasteiger partial charge on any atom is -0.316 e. The minimum atomic E-state index is -0.129. The summed E-state index contributed by atoms with van der Waals surface area (Å²) in [5.74, 6) is 2.00. The van der Waals surface area contributed by atoms with E-state index >= 15 is 0 Å². The van der Waals surface area contributed by atoms with E-state index in [9.17, 15) is 4.39 Å². The van der Waals surface area contributed by atoms with Gasteiger partial charge in [-0.1, -0.05) is 36.2 Å². The zero-order valence-electron chi connectivity index (χ0n) is 12.5. The fourth-order valence-electron chi connectivity index (χ4n) is 3.19. The van der Waals surface area contributed by atoms with E-state index in [1.54, 1.807) is 6.07 Å². The third-order valence-electron chi connectivity index (χ3n) is 4.27. The van der Waals surface area contributed by atoms with E-state index in [2.05, 4.69) is 35.1 Å². The summed E-state index contributed by atoms with van der Waals surface area (Å²) < 4.78 is 14.4. The molecule has 1 aliphatic carbocycles. The first-order chi connectivity index (χ1) is 9.56. The van der Waals surface area contributed by atoms with Gasteiger partial charge in [-0.15, -0.1) is 0 Å². The molecule has 1 saturated carbocycles. The van der Waals surface area contributed by atoms with Crippen LogP contribution in [0.4, 0.5) is 4.39 Å². The average Bonchev–Trinajstić information content (AvgIpc) is 2.81. The third kappa shape index (κ3) is 4.56. The van der Waals surface area contributed by atoms with Gasteiger partial charge in [0.15, 0.2) is 0 Å². The van der Waals surface area contributed by atoms with Crippen LogP contribution in [0, 0.1) is 23.6 Å². The van der Waals surface area contributed by atoms with Crippen LogP contribution in [0.3, 0.4) is 0 Å². The van der Waals surface area contributed by atoms with Gasteiger partial charge >= 0.3 is 0 Å². The van der Waals surface area contributed by atoms with Gasteiger partial charge in [-0.25, -0.2) is 4.39 Å². The van der Waals surface area contributed by atoms with Crippen molar-refractivity contribution in [2.24, 2.45) is 17.8 Å². The number of nitrogens with one attached hydrogen (secondary N) is 1. The molecule has 1 N–H and O–H groups in total. The number of hydrogen-bond donors (Lipinski definition) is 1. The van der Waals surface area contributed by atoms with Gasteiger partial charge < -0.3 is 5.32 Å². The number of benzene rings is 1. The normalized spacial score (nSPS) is 22.6. The van der Waals surface area contributed by atoms with Gasteiger partial charge in [-0.2, -0.15) is 0 Å². The quantitative estimate of drug-likeness (QED) is 0.784. The summed E-state index contributed by atoms with van der Waals surface area (Å²) in [6.07, 6.45) is 4.89. The fraction of sp³-hybridized carbons (Fsp3) is 0.647. The first-order valence-electron chi connectivity index (χ1n) is 7.71. The molecular weight excluding hydrogens is 317 g/mol. The van der Waals surface area contributed by atoms with Gasteiger partial charge in [0.25, 0.3) is 0 Å². The Morgan fingerprint density at radius 2 is 2.05 bits per heavy atom. The van der Waals surface area contributed by atoms with Crippen molar-refractivity contribution >= 4 is 15.9 Å². The van der Waals surface area contributed by atoms with Crippen LogP contribution in [-0.2, 0) is 6.42 Å². The van der Waals surface area contributed by atoms with Crippen LogP contribution >= 0.6 is 15.9 Å². The maximum atomic E-state index is 13.4. The van der Waals surface area contributed by atoms with E-state index < -0.39 is 0 Å². The summed E-state index contributed by atoms with van der Waals surface area (Å²) >= 11 is 3.55. The second kappa shape index (κ2) is 7.56. The van der Waals surface area contributed by atoms with Gasteiger partial charge in [0.05, 0.1) is 0 Å². The molecule has 1 nitrogen and oxygen atoms in total. The highest BCUT2D eigenvalue weighted by Gasteiger charge is 2.27. The van der Waals surface area contributed by atoms with Crippen molar-refractivity contribution in [2.75, 3.05) is 13.1 Å². The predicted molar refractivity (Wildman–Crippen MR) is 86.3 cm³/mol. The minimum absolute atomic E-state index is 0.129. The molecule has 3 heteroatoms. The molecule has 1 aromatic rings. The molecular formula is C17H25BrFN. The number of rotatable bonds is 6. The van der Waals surface area contributed by atoms with Gasteiger partial charge in [-0.3, -0.25) is 0 Å². The van der Waals surface area contributed by atoms with Gasteiger partial charge in [0, 0.05) is 4.47 Å². The van der Waals surface area contributed by atoms with Crippen molar-refractivity contribution in [3.8, 4) is 0 Å². The summed E-state index contributed by atoms with van der Waals surface area (Å²) in [6.45, 7) is 6.68. The standard InChI is InChI=1S/C17H25BrFN/c1-12(2)10-20-11-14-5-3-4-13(14)8-15-9-16(19)6-7-17(15)18/h6-7,9,12-14,20H,3-5,8,10-11H2,1-2H3. The second-order valence-electron chi connectivity index (χ2n) is 6.44. The summed E-state index contributed by atoms with van der Waals surface area (Å²) in [7, 11) is 0. The SMILES string of the molecule is CC(C)CNCC1CCCC1Cc1cc(F)ccc1Br. The summed E-state index contributed by atoms with van der Waals surface area (Å²) in [4.78, 5) is 0. The zero-order valence-corrected chi connectivity index (χ0v) is 14.0. The van der Waals surface area contributed by atoms with Crippen LogP contribution in [0.1, 0.15) is 38.7 Å². The molecule has 20 heavy (non-hydrogen) atoms. The molecule has 0 aliphatic heterocycles. The molecule has 0 radical (unpaired) electrons. The molecule has 2 unspecified atom stereocenters. The summed E-state index contributed by atoms with van der Waals surface area (Å²) in [5.41, 5.74) is 1.12. The van der Waals surface area contributed by atoms with Crippen LogP contribution in [0.5, 0.6) is 0 Å². The number of hydrogen-bond acceptors (Lipinski definition) is 1. The van der Waals surface area contributed by atoms with E-state index in [0.717, 1.165) is 35.5 Å².